The maximum Gasteiger partial charge on any atom is 0.327 e. The highest BCUT2D eigenvalue weighted by molar-refractivity contribution is 7.80. The Labute approximate surface area is 223 Å². The van der Waals surface area contributed by atoms with E-state index in [2.05, 4.69) is 48.5 Å². The van der Waals surface area contributed by atoms with Crippen molar-refractivity contribution in [2.45, 2.75) is 43.4 Å². The molecule has 2 aromatic heterocycles. The number of imidazole rings is 2. The summed E-state index contributed by atoms with van der Waals surface area (Å²) in [5.41, 5.74) is 8.00. The van der Waals surface area contributed by atoms with Crippen LogP contribution < -0.4 is 21.7 Å². The fourth-order valence-corrected chi connectivity index (χ4v) is 3.87. The lowest BCUT2D eigenvalue weighted by Gasteiger charge is -2.25. The monoisotopic (exact) mass is 542 g/mol. The molecule has 2 heterocycles. The van der Waals surface area contributed by atoms with Crippen LogP contribution in [0.25, 0.3) is 0 Å². The Hall–Kier alpha value is -4.17. The molecule has 8 N–H and O–H groups in total. The number of carbonyl (C=O) groups excluding carboxylic acids is 3. The van der Waals surface area contributed by atoms with E-state index in [9.17, 15) is 24.3 Å². The highest BCUT2D eigenvalue weighted by Gasteiger charge is 2.30. The van der Waals surface area contributed by atoms with E-state index in [1.807, 2.05) is 0 Å². The Morgan fingerprint density at radius 2 is 1.34 bits per heavy atom. The molecule has 0 radical (unpaired) electrons. The predicted molar refractivity (Wildman–Crippen MR) is 140 cm³/mol. The molecule has 4 unspecified atom stereocenters. The first-order chi connectivity index (χ1) is 18.3. The number of carboxylic acids is 1. The number of nitrogens with zero attached hydrogens (tertiary/aromatic N) is 2. The maximum absolute atomic E-state index is 13.4. The van der Waals surface area contributed by atoms with E-state index < -0.39 is 47.9 Å². The van der Waals surface area contributed by atoms with Gasteiger partial charge in [-0.3, -0.25) is 14.4 Å². The molecule has 0 saturated carbocycles. The number of carboxylic acid groups (broad SMARTS) is 1. The van der Waals surface area contributed by atoms with E-state index in [-0.39, 0.29) is 25.0 Å². The smallest absolute Gasteiger partial charge is 0.327 e. The average molecular weight is 543 g/mol. The van der Waals surface area contributed by atoms with Gasteiger partial charge in [0.15, 0.2) is 0 Å². The van der Waals surface area contributed by atoms with Gasteiger partial charge in [0.25, 0.3) is 0 Å². The van der Waals surface area contributed by atoms with Crippen LogP contribution in [0.15, 0.2) is 55.4 Å². The van der Waals surface area contributed by atoms with Gasteiger partial charge in [0.05, 0.1) is 18.7 Å². The molecule has 3 rings (SSSR count). The van der Waals surface area contributed by atoms with Crippen molar-refractivity contribution in [1.82, 2.24) is 35.9 Å². The Bertz CT molecular complexity index is 1190. The number of aliphatic carboxylic acids is 1. The zero-order valence-electron chi connectivity index (χ0n) is 20.3. The molecule has 0 fully saturated rings. The van der Waals surface area contributed by atoms with Crippen molar-refractivity contribution in [1.29, 1.82) is 0 Å². The SMILES string of the molecule is NC(Cc1cnc[nH]1)C(=O)NC(Cc1cnc[nH]1)C(=O)NC(Cc1ccccc1)C(=O)NC(CS)C(=O)O. The molecule has 0 bridgehead atoms. The highest BCUT2D eigenvalue weighted by atomic mass is 32.1. The van der Waals surface area contributed by atoms with Crippen molar-refractivity contribution in [2.75, 3.05) is 5.75 Å². The molecule has 0 aliphatic heterocycles. The Kier molecular flexibility index (Phi) is 10.4. The second-order valence-corrected chi connectivity index (χ2v) is 8.93. The zero-order valence-corrected chi connectivity index (χ0v) is 21.2. The lowest BCUT2D eigenvalue weighted by molar-refractivity contribution is -0.141. The standard InChI is InChI=1S/C24H30N8O5S/c25-17(7-15-9-26-12-28-15)21(33)30-19(8-16-10-27-13-29-16)23(35)31-18(6-14-4-2-1-3-5-14)22(34)32-20(11-38)24(36)37/h1-5,9-10,12-13,17-20,38H,6-8,11,25H2,(H,26,28)(H,27,29)(H,30,33)(H,31,35)(H,32,34)(H,36,37). The number of hydrogen-bond donors (Lipinski definition) is 8. The van der Waals surface area contributed by atoms with Crippen LogP contribution in [-0.4, -0.2) is 78.7 Å². The highest BCUT2D eigenvalue weighted by Crippen LogP contribution is 2.07. The van der Waals surface area contributed by atoms with Crippen LogP contribution >= 0.6 is 12.6 Å². The van der Waals surface area contributed by atoms with Crippen molar-refractivity contribution in [3.8, 4) is 0 Å². The number of thiol groups is 1. The molecule has 38 heavy (non-hydrogen) atoms. The topological polar surface area (TPSA) is 208 Å². The van der Waals surface area contributed by atoms with Gasteiger partial charge in [-0.2, -0.15) is 12.6 Å². The number of hydrogen-bond acceptors (Lipinski definition) is 8. The minimum Gasteiger partial charge on any atom is -0.480 e. The van der Waals surface area contributed by atoms with Gasteiger partial charge in [0.2, 0.25) is 17.7 Å². The maximum atomic E-state index is 13.4. The fourth-order valence-electron chi connectivity index (χ4n) is 3.62. The van der Waals surface area contributed by atoms with Crippen LogP contribution in [0.3, 0.4) is 0 Å². The number of amides is 3. The van der Waals surface area contributed by atoms with E-state index in [0.717, 1.165) is 5.56 Å². The number of aromatic amines is 2. The third-order valence-corrected chi connectivity index (χ3v) is 6.02. The molecule has 13 nitrogen and oxygen atoms in total. The summed E-state index contributed by atoms with van der Waals surface area (Å²) in [4.78, 5) is 64.3. The first-order valence-corrected chi connectivity index (χ1v) is 12.4. The molecule has 0 saturated heterocycles. The lowest BCUT2D eigenvalue weighted by atomic mass is 10.0. The number of nitrogens with two attached hydrogens (primary N) is 1. The summed E-state index contributed by atoms with van der Waals surface area (Å²) in [5, 5.41) is 17.0. The Balaban J connectivity index is 1.77. The number of rotatable bonds is 14. The van der Waals surface area contributed by atoms with Gasteiger partial charge in [-0.1, -0.05) is 30.3 Å². The van der Waals surface area contributed by atoms with Crippen LogP contribution in [0.2, 0.25) is 0 Å². The van der Waals surface area contributed by atoms with E-state index in [0.29, 0.717) is 11.4 Å². The van der Waals surface area contributed by atoms with E-state index in [1.165, 1.54) is 18.9 Å². The summed E-state index contributed by atoms with van der Waals surface area (Å²) in [6.45, 7) is 0. The molecular formula is C24H30N8O5S. The Morgan fingerprint density at radius 1 is 0.816 bits per heavy atom. The number of nitrogens with one attached hydrogen (secondary N) is 5. The van der Waals surface area contributed by atoms with Crippen molar-refractivity contribution < 1.29 is 24.3 Å². The molecule has 0 spiro atoms. The van der Waals surface area contributed by atoms with Gasteiger partial charge in [-0.05, 0) is 5.56 Å². The normalized spacial score (nSPS) is 14.1. The summed E-state index contributed by atoms with van der Waals surface area (Å²) in [7, 11) is 0. The third-order valence-electron chi connectivity index (χ3n) is 5.66. The average Bonchev–Trinajstić information content (AvgIpc) is 3.61. The van der Waals surface area contributed by atoms with E-state index in [1.54, 1.807) is 36.5 Å². The molecule has 3 aromatic rings. The minimum absolute atomic E-state index is 0.0441. The first-order valence-electron chi connectivity index (χ1n) is 11.8. The summed E-state index contributed by atoms with van der Waals surface area (Å²) in [6.07, 6.45) is 6.26. The fraction of sp³-hybridized carbons (Fsp3) is 0.333. The summed E-state index contributed by atoms with van der Waals surface area (Å²) < 4.78 is 0. The summed E-state index contributed by atoms with van der Waals surface area (Å²) in [6, 6.07) is 4.46. The van der Waals surface area contributed by atoms with E-state index >= 15 is 0 Å². The largest absolute Gasteiger partial charge is 0.480 e. The van der Waals surface area contributed by atoms with Crippen molar-refractivity contribution in [3.05, 3.63) is 72.3 Å². The van der Waals surface area contributed by atoms with Gasteiger partial charge < -0.3 is 36.8 Å². The molecule has 1 aromatic carbocycles. The number of carbonyl (C=O) groups is 4. The quantitative estimate of drug-likeness (QED) is 0.118. The van der Waals surface area contributed by atoms with Gasteiger partial charge in [0, 0.05) is 48.8 Å². The van der Waals surface area contributed by atoms with Crippen LogP contribution in [0.5, 0.6) is 0 Å². The van der Waals surface area contributed by atoms with Gasteiger partial charge >= 0.3 is 5.97 Å². The molecule has 0 aliphatic carbocycles. The number of aromatic nitrogens is 4. The van der Waals surface area contributed by atoms with Crippen LogP contribution in [0.4, 0.5) is 0 Å². The molecular weight excluding hydrogens is 512 g/mol. The van der Waals surface area contributed by atoms with Crippen molar-refractivity contribution in [3.63, 3.8) is 0 Å². The van der Waals surface area contributed by atoms with Crippen molar-refractivity contribution >= 4 is 36.3 Å². The third kappa shape index (κ3) is 8.45. The minimum atomic E-state index is -1.26. The first kappa shape index (κ1) is 28.4. The van der Waals surface area contributed by atoms with Gasteiger partial charge in [-0.15, -0.1) is 0 Å². The van der Waals surface area contributed by atoms with Crippen LogP contribution in [-0.2, 0) is 38.4 Å². The van der Waals surface area contributed by atoms with Gasteiger partial charge in [0.1, 0.15) is 18.1 Å². The zero-order chi connectivity index (χ0) is 27.5. The van der Waals surface area contributed by atoms with Crippen LogP contribution in [0.1, 0.15) is 17.0 Å². The van der Waals surface area contributed by atoms with Crippen molar-refractivity contribution in [2.24, 2.45) is 5.73 Å². The number of benzene rings is 1. The number of H-pyrrole nitrogens is 2. The molecule has 3 amide bonds. The molecule has 0 aliphatic rings. The van der Waals surface area contributed by atoms with Crippen LogP contribution in [0, 0.1) is 0 Å². The molecule has 14 heteroatoms. The summed E-state index contributed by atoms with van der Waals surface area (Å²) >= 11 is 3.98. The second-order valence-electron chi connectivity index (χ2n) is 8.56. The predicted octanol–water partition coefficient (Wildman–Crippen LogP) is -1.04. The summed E-state index contributed by atoms with van der Waals surface area (Å²) in [5.74, 6) is -3.33. The molecule has 4 atom stereocenters. The second kappa shape index (κ2) is 13.9. The van der Waals surface area contributed by atoms with E-state index in [4.69, 9.17) is 5.73 Å². The van der Waals surface area contributed by atoms with Gasteiger partial charge in [-0.25, -0.2) is 14.8 Å². The Morgan fingerprint density at radius 3 is 1.87 bits per heavy atom. The molecule has 202 valence electrons. The lowest BCUT2D eigenvalue weighted by Crippen LogP contribution is -2.58.